The van der Waals surface area contributed by atoms with Gasteiger partial charge in [-0.1, -0.05) is 35.9 Å². The Hall–Kier alpha value is -2.04. The van der Waals surface area contributed by atoms with E-state index in [1.807, 2.05) is 38.4 Å². The molecule has 0 aliphatic heterocycles. The van der Waals surface area contributed by atoms with Crippen molar-refractivity contribution in [3.8, 4) is 5.75 Å². The summed E-state index contributed by atoms with van der Waals surface area (Å²) in [6.07, 6.45) is 0. The molecule has 1 atom stereocenters. The lowest BCUT2D eigenvalue weighted by Crippen LogP contribution is -2.34. The van der Waals surface area contributed by atoms with E-state index < -0.39 is 0 Å². The maximum atomic E-state index is 12.3. The van der Waals surface area contributed by atoms with E-state index in [9.17, 15) is 4.79 Å². The standard InChI is InChI=1S/C18H21ClN2O2/c1-21(2)17(13-8-10-14(23-3)11-9-13)12-20-18(22)15-6-4-5-7-16(15)19/h4-11,17H,12H2,1-3H3,(H,20,22). The average molecular weight is 333 g/mol. The van der Waals surface area contributed by atoms with Crippen molar-refractivity contribution in [2.75, 3.05) is 27.7 Å². The molecule has 4 nitrogen and oxygen atoms in total. The zero-order chi connectivity index (χ0) is 16.8. The highest BCUT2D eigenvalue weighted by Crippen LogP contribution is 2.21. The van der Waals surface area contributed by atoms with Gasteiger partial charge in [-0.2, -0.15) is 0 Å². The second-order valence-electron chi connectivity index (χ2n) is 5.44. The zero-order valence-electron chi connectivity index (χ0n) is 13.5. The van der Waals surface area contributed by atoms with E-state index in [0.29, 0.717) is 17.1 Å². The first-order valence-corrected chi connectivity index (χ1v) is 7.74. The molecule has 0 aromatic heterocycles. The van der Waals surface area contributed by atoms with Crippen molar-refractivity contribution in [1.29, 1.82) is 0 Å². The predicted molar refractivity (Wildman–Crippen MR) is 93.2 cm³/mol. The number of ether oxygens (including phenoxy) is 1. The van der Waals surface area contributed by atoms with Crippen LogP contribution in [0.15, 0.2) is 48.5 Å². The van der Waals surface area contributed by atoms with Crippen LogP contribution in [0.1, 0.15) is 22.0 Å². The number of methoxy groups -OCH3 is 1. The van der Waals surface area contributed by atoms with Gasteiger partial charge in [0.15, 0.2) is 0 Å². The first kappa shape index (κ1) is 17.3. The third-order valence-electron chi connectivity index (χ3n) is 3.70. The van der Waals surface area contributed by atoms with Crippen LogP contribution in [0.2, 0.25) is 5.02 Å². The summed E-state index contributed by atoms with van der Waals surface area (Å²) in [6.45, 7) is 0.489. The van der Waals surface area contributed by atoms with E-state index in [1.165, 1.54) is 0 Å². The van der Waals surface area contributed by atoms with Crippen LogP contribution in [-0.2, 0) is 0 Å². The molecule has 0 saturated carbocycles. The van der Waals surface area contributed by atoms with Crippen molar-refractivity contribution in [3.63, 3.8) is 0 Å². The van der Waals surface area contributed by atoms with E-state index in [0.717, 1.165) is 11.3 Å². The minimum absolute atomic E-state index is 0.0624. The number of benzene rings is 2. The van der Waals surface area contributed by atoms with Crippen LogP contribution in [0, 0.1) is 0 Å². The van der Waals surface area contributed by atoms with Crippen LogP contribution >= 0.6 is 11.6 Å². The summed E-state index contributed by atoms with van der Waals surface area (Å²) in [5.41, 5.74) is 1.59. The molecule has 0 saturated heterocycles. The van der Waals surface area contributed by atoms with Crippen molar-refractivity contribution in [2.24, 2.45) is 0 Å². The molecule has 0 radical (unpaired) electrons. The Balaban J connectivity index is 2.08. The Morgan fingerprint density at radius 3 is 2.39 bits per heavy atom. The molecule has 1 unspecified atom stereocenters. The van der Waals surface area contributed by atoms with Crippen LogP contribution < -0.4 is 10.1 Å². The van der Waals surface area contributed by atoms with Gasteiger partial charge < -0.3 is 15.0 Å². The molecule has 1 amide bonds. The van der Waals surface area contributed by atoms with Crippen molar-refractivity contribution >= 4 is 17.5 Å². The average Bonchev–Trinajstić information content (AvgIpc) is 2.55. The van der Waals surface area contributed by atoms with E-state index >= 15 is 0 Å². The molecule has 0 spiro atoms. The maximum absolute atomic E-state index is 12.3. The first-order chi connectivity index (χ1) is 11.0. The van der Waals surface area contributed by atoms with Gasteiger partial charge in [-0.3, -0.25) is 4.79 Å². The van der Waals surface area contributed by atoms with Crippen LogP contribution in [0.25, 0.3) is 0 Å². The molecule has 0 aliphatic carbocycles. The van der Waals surface area contributed by atoms with Crippen molar-refractivity contribution < 1.29 is 9.53 Å². The van der Waals surface area contributed by atoms with Gasteiger partial charge >= 0.3 is 0 Å². The summed E-state index contributed by atoms with van der Waals surface area (Å²) in [6, 6.07) is 14.9. The smallest absolute Gasteiger partial charge is 0.252 e. The van der Waals surface area contributed by atoms with Crippen molar-refractivity contribution in [3.05, 3.63) is 64.7 Å². The molecule has 0 fully saturated rings. The minimum atomic E-state index is -0.170. The molecule has 2 rings (SSSR count). The monoisotopic (exact) mass is 332 g/mol. The fraction of sp³-hybridized carbons (Fsp3) is 0.278. The molecular weight excluding hydrogens is 312 g/mol. The topological polar surface area (TPSA) is 41.6 Å². The predicted octanol–water partition coefficient (Wildman–Crippen LogP) is 3.38. The van der Waals surface area contributed by atoms with Gasteiger partial charge in [0.2, 0.25) is 0 Å². The van der Waals surface area contributed by atoms with Crippen LogP contribution in [-0.4, -0.2) is 38.6 Å². The highest BCUT2D eigenvalue weighted by molar-refractivity contribution is 6.33. The summed E-state index contributed by atoms with van der Waals surface area (Å²) in [5.74, 6) is 0.641. The Labute approximate surface area is 142 Å². The summed E-state index contributed by atoms with van der Waals surface area (Å²) >= 11 is 6.06. The zero-order valence-corrected chi connectivity index (χ0v) is 14.3. The molecule has 2 aromatic carbocycles. The molecule has 23 heavy (non-hydrogen) atoms. The number of amides is 1. The molecule has 0 aliphatic rings. The van der Waals surface area contributed by atoms with E-state index in [4.69, 9.17) is 16.3 Å². The third kappa shape index (κ3) is 4.47. The molecule has 0 bridgehead atoms. The lowest BCUT2D eigenvalue weighted by atomic mass is 10.1. The lowest BCUT2D eigenvalue weighted by molar-refractivity contribution is 0.0942. The van der Waals surface area contributed by atoms with Gasteiger partial charge in [-0.25, -0.2) is 0 Å². The Morgan fingerprint density at radius 2 is 1.83 bits per heavy atom. The summed E-state index contributed by atoms with van der Waals surface area (Å²) in [5, 5.41) is 3.41. The maximum Gasteiger partial charge on any atom is 0.252 e. The number of likely N-dealkylation sites (N-methyl/N-ethyl adjacent to an activating group) is 1. The molecule has 0 heterocycles. The largest absolute Gasteiger partial charge is 0.497 e. The quantitative estimate of drug-likeness (QED) is 0.881. The number of hydrogen-bond acceptors (Lipinski definition) is 3. The van der Waals surface area contributed by atoms with E-state index in [1.54, 1.807) is 31.4 Å². The van der Waals surface area contributed by atoms with Crippen molar-refractivity contribution in [1.82, 2.24) is 10.2 Å². The number of hydrogen-bond donors (Lipinski definition) is 1. The van der Waals surface area contributed by atoms with Gasteiger partial charge in [-0.15, -0.1) is 0 Å². The van der Waals surface area contributed by atoms with Crippen LogP contribution in [0.5, 0.6) is 5.75 Å². The number of carbonyl (C=O) groups is 1. The van der Waals surface area contributed by atoms with E-state index in [-0.39, 0.29) is 11.9 Å². The number of nitrogens with one attached hydrogen (secondary N) is 1. The second kappa shape index (κ2) is 7.99. The Kier molecular flexibility index (Phi) is 6.02. The third-order valence-corrected chi connectivity index (χ3v) is 4.03. The number of halogens is 1. The van der Waals surface area contributed by atoms with Gasteiger partial charge in [0.1, 0.15) is 5.75 Å². The minimum Gasteiger partial charge on any atom is -0.497 e. The summed E-state index contributed by atoms with van der Waals surface area (Å²) in [4.78, 5) is 14.4. The van der Waals surface area contributed by atoms with Crippen LogP contribution in [0.4, 0.5) is 0 Å². The second-order valence-corrected chi connectivity index (χ2v) is 5.85. The van der Waals surface area contributed by atoms with Crippen LogP contribution in [0.3, 0.4) is 0 Å². The first-order valence-electron chi connectivity index (χ1n) is 7.36. The van der Waals surface area contributed by atoms with Gasteiger partial charge in [0, 0.05) is 6.54 Å². The van der Waals surface area contributed by atoms with Gasteiger partial charge in [-0.05, 0) is 43.9 Å². The van der Waals surface area contributed by atoms with Crippen molar-refractivity contribution in [2.45, 2.75) is 6.04 Å². The van der Waals surface area contributed by atoms with Gasteiger partial charge in [0.25, 0.3) is 5.91 Å². The summed E-state index contributed by atoms with van der Waals surface area (Å²) < 4.78 is 5.18. The normalized spacial score (nSPS) is 12.0. The number of carbonyl (C=O) groups excluding carboxylic acids is 1. The Bertz CT molecular complexity index is 656. The number of nitrogens with zero attached hydrogens (tertiary/aromatic N) is 1. The molecule has 122 valence electrons. The van der Waals surface area contributed by atoms with Gasteiger partial charge in [0.05, 0.1) is 23.7 Å². The fourth-order valence-electron chi connectivity index (χ4n) is 2.35. The highest BCUT2D eigenvalue weighted by atomic mass is 35.5. The fourth-order valence-corrected chi connectivity index (χ4v) is 2.58. The summed E-state index contributed by atoms with van der Waals surface area (Å²) in [7, 11) is 5.61. The number of rotatable bonds is 6. The van der Waals surface area contributed by atoms with E-state index in [2.05, 4.69) is 10.2 Å². The highest BCUT2D eigenvalue weighted by Gasteiger charge is 2.17. The molecular formula is C18H21ClN2O2. The molecule has 5 heteroatoms. The Morgan fingerprint density at radius 1 is 1.17 bits per heavy atom. The molecule has 2 aromatic rings. The SMILES string of the molecule is COc1ccc(C(CNC(=O)c2ccccc2Cl)N(C)C)cc1. The molecule has 1 N–H and O–H groups in total. The lowest BCUT2D eigenvalue weighted by Gasteiger charge is -2.25.